The van der Waals surface area contributed by atoms with Crippen LogP contribution in [0.2, 0.25) is 0 Å². The molecule has 0 bridgehead atoms. The van der Waals surface area contributed by atoms with E-state index in [-0.39, 0.29) is 24.0 Å². The number of halogens is 5. The van der Waals surface area contributed by atoms with E-state index in [0.29, 0.717) is 11.3 Å². The first-order valence-corrected chi connectivity index (χ1v) is 9.45. The van der Waals surface area contributed by atoms with Crippen LogP contribution in [-0.2, 0) is 17.9 Å². The molecule has 0 aliphatic rings. The highest BCUT2D eigenvalue weighted by Crippen LogP contribution is 2.26. The van der Waals surface area contributed by atoms with Crippen LogP contribution in [0.1, 0.15) is 5.82 Å². The molecule has 3 aromatic rings. The SMILES string of the molecule is CN(CC(=O)Nc1nc(-c2ccc(F)c(F)c2)cs1)Cc1nccn1CC(F)(F)F. The van der Waals surface area contributed by atoms with Gasteiger partial charge in [-0.3, -0.25) is 9.69 Å². The molecule has 30 heavy (non-hydrogen) atoms. The Balaban J connectivity index is 1.57. The fourth-order valence-electron chi connectivity index (χ4n) is 2.65. The summed E-state index contributed by atoms with van der Waals surface area (Å²) in [6, 6.07) is 3.36. The van der Waals surface area contributed by atoms with Gasteiger partial charge in [0.2, 0.25) is 5.91 Å². The van der Waals surface area contributed by atoms with E-state index in [1.54, 1.807) is 12.4 Å². The van der Waals surface area contributed by atoms with Crippen LogP contribution in [0.25, 0.3) is 11.3 Å². The minimum atomic E-state index is -4.37. The standard InChI is InChI=1S/C18H16F5N5OS/c1-27(7-15-24-4-5-28(15)10-18(21,22)23)8-16(29)26-17-25-14(9-30-17)11-2-3-12(19)13(20)6-11/h2-6,9H,7-8,10H2,1H3,(H,25,26,29). The molecule has 1 aromatic carbocycles. The van der Waals surface area contributed by atoms with Gasteiger partial charge in [-0.05, 0) is 25.2 Å². The number of carbonyl (C=O) groups excluding carboxylic acids is 1. The molecule has 160 valence electrons. The monoisotopic (exact) mass is 445 g/mol. The molecule has 12 heteroatoms. The molecule has 0 saturated carbocycles. The number of rotatable bonds is 7. The summed E-state index contributed by atoms with van der Waals surface area (Å²) in [5, 5.41) is 4.41. The van der Waals surface area contributed by atoms with Gasteiger partial charge in [-0.15, -0.1) is 11.3 Å². The highest BCUT2D eigenvalue weighted by atomic mass is 32.1. The zero-order valence-electron chi connectivity index (χ0n) is 15.6. The van der Waals surface area contributed by atoms with E-state index in [0.717, 1.165) is 28.0 Å². The van der Waals surface area contributed by atoms with E-state index >= 15 is 0 Å². The second kappa shape index (κ2) is 8.88. The number of amides is 1. The number of alkyl halides is 3. The van der Waals surface area contributed by atoms with E-state index in [2.05, 4.69) is 15.3 Å². The highest BCUT2D eigenvalue weighted by molar-refractivity contribution is 7.14. The molecule has 2 heterocycles. The van der Waals surface area contributed by atoms with Crippen LogP contribution < -0.4 is 5.32 Å². The summed E-state index contributed by atoms with van der Waals surface area (Å²) in [5.74, 6) is -2.23. The number of benzene rings is 1. The normalized spacial score (nSPS) is 11.8. The van der Waals surface area contributed by atoms with Crippen LogP contribution >= 0.6 is 11.3 Å². The van der Waals surface area contributed by atoms with Crippen molar-refractivity contribution >= 4 is 22.4 Å². The van der Waals surface area contributed by atoms with Gasteiger partial charge in [0.25, 0.3) is 0 Å². The lowest BCUT2D eigenvalue weighted by atomic mass is 10.2. The number of nitrogens with one attached hydrogen (secondary N) is 1. The van der Waals surface area contributed by atoms with E-state index in [9.17, 15) is 26.7 Å². The van der Waals surface area contributed by atoms with Crippen LogP contribution in [0.15, 0.2) is 36.0 Å². The summed E-state index contributed by atoms with van der Waals surface area (Å²) in [6.07, 6.45) is -1.88. The summed E-state index contributed by atoms with van der Waals surface area (Å²) in [6.45, 7) is -1.23. The predicted octanol–water partition coefficient (Wildman–Crippen LogP) is 3.92. The minimum Gasteiger partial charge on any atom is -0.325 e. The molecule has 0 aliphatic carbocycles. The van der Waals surface area contributed by atoms with Gasteiger partial charge >= 0.3 is 6.18 Å². The van der Waals surface area contributed by atoms with Crippen molar-refractivity contribution in [2.24, 2.45) is 0 Å². The number of aromatic nitrogens is 3. The summed E-state index contributed by atoms with van der Waals surface area (Å²) < 4.78 is 65.1. The van der Waals surface area contributed by atoms with Gasteiger partial charge in [0, 0.05) is 23.3 Å². The molecule has 0 fully saturated rings. The number of hydrogen-bond acceptors (Lipinski definition) is 5. The van der Waals surface area contributed by atoms with Crippen molar-refractivity contribution in [1.29, 1.82) is 0 Å². The first kappa shape index (κ1) is 21.8. The molecule has 0 saturated heterocycles. The molecule has 0 radical (unpaired) electrons. The zero-order valence-corrected chi connectivity index (χ0v) is 16.4. The third-order valence-electron chi connectivity index (χ3n) is 3.94. The second-order valence-electron chi connectivity index (χ2n) is 6.47. The van der Waals surface area contributed by atoms with Gasteiger partial charge in [-0.25, -0.2) is 18.7 Å². The fourth-order valence-corrected chi connectivity index (χ4v) is 3.39. The third kappa shape index (κ3) is 5.83. The lowest BCUT2D eigenvalue weighted by molar-refractivity contribution is -0.141. The second-order valence-corrected chi connectivity index (χ2v) is 7.33. The lowest BCUT2D eigenvalue weighted by Crippen LogP contribution is -2.31. The Bertz CT molecular complexity index is 1030. The molecule has 0 aliphatic heterocycles. The lowest BCUT2D eigenvalue weighted by Gasteiger charge is -2.17. The summed E-state index contributed by atoms with van der Waals surface area (Å²) in [5.41, 5.74) is 0.732. The van der Waals surface area contributed by atoms with Gasteiger partial charge < -0.3 is 9.88 Å². The Morgan fingerprint density at radius 3 is 2.73 bits per heavy atom. The van der Waals surface area contributed by atoms with Crippen molar-refractivity contribution in [3.63, 3.8) is 0 Å². The molecule has 6 nitrogen and oxygen atoms in total. The Morgan fingerprint density at radius 1 is 1.27 bits per heavy atom. The van der Waals surface area contributed by atoms with Crippen molar-refractivity contribution < 1.29 is 26.7 Å². The number of thiazole rings is 1. The molecule has 3 rings (SSSR count). The molecule has 0 atom stereocenters. The van der Waals surface area contributed by atoms with Crippen molar-refractivity contribution in [3.05, 3.63) is 53.4 Å². The number of nitrogens with zero attached hydrogens (tertiary/aromatic N) is 4. The number of imidazole rings is 1. The maximum Gasteiger partial charge on any atom is 0.406 e. The van der Waals surface area contributed by atoms with Crippen LogP contribution in [0, 0.1) is 11.6 Å². The topological polar surface area (TPSA) is 63.1 Å². The number of likely N-dealkylation sites (N-methyl/N-ethyl adjacent to an activating group) is 1. The summed E-state index contributed by atoms with van der Waals surface area (Å²) in [7, 11) is 1.57. The maximum absolute atomic E-state index is 13.4. The van der Waals surface area contributed by atoms with Gasteiger partial charge in [-0.1, -0.05) is 0 Å². The Hall–Kier alpha value is -2.86. The zero-order chi connectivity index (χ0) is 21.9. The van der Waals surface area contributed by atoms with Crippen LogP contribution in [0.3, 0.4) is 0 Å². The molecular weight excluding hydrogens is 429 g/mol. The molecule has 1 amide bonds. The van der Waals surface area contributed by atoms with Crippen molar-refractivity contribution in [1.82, 2.24) is 19.4 Å². The predicted molar refractivity (Wildman–Crippen MR) is 101 cm³/mol. The average molecular weight is 445 g/mol. The van der Waals surface area contributed by atoms with Gasteiger partial charge in [0.15, 0.2) is 16.8 Å². The minimum absolute atomic E-state index is 0.0362. The molecule has 0 unspecified atom stereocenters. The van der Waals surface area contributed by atoms with Crippen molar-refractivity contribution in [2.45, 2.75) is 19.3 Å². The number of anilines is 1. The maximum atomic E-state index is 13.4. The highest BCUT2D eigenvalue weighted by Gasteiger charge is 2.29. The summed E-state index contributed by atoms with van der Waals surface area (Å²) >= 11 is 1.10. The Morgan fingerprint density at radius 2 is 2.03 bits per heavy atom. The van der Waals surface area contributed by atoms with E-state index in [1.165, 1.54) is 23.4 Å². The van der Waals surface area contributed by atoms with Gasteiger partial charge in [-0.2, -0.15) is 13.2 Å². The average Bonchev–Trinajstić information content (AvgIpc) is 3.26. The van der Waals surface area contributed by atoms with Crippen LogP contribution in [-0.4, -0.2) is 45.1 Å². The van der Waals surface area contributed by atoms with Crippen LogP contribution in [0.5, 0.6) is 0 Å². The molecular formula is C18H16F5N5OS. The fraction of sp³-hybridized carbons (Fsp3) is 0.278. The smallest absolute Gasteiger partial charge is 0.325 e. The largest absolute Gasteiger partial charge is 0.406 e. The quantitative estimate of drug-likeness (QED) is 0.560. The van der Waals surface area contributed by atoms with Gasteiger partial charge in [0.1, 0.15) is 12.4 Å². The van der Waals surface area contributed by atoms with E-state index < -0.39 is 30.3 Å². The molecule has 0 spiro atoms. The first-order valence-electron chi connectivity index (χ1n) is 8.57. The summed E-state index contributed by atoms with van der Waals surface area (Å²) in [4.78, 5) is 21.8. The van der Waals surface area contributed by atoms with E-state index in [4.69, 9.17) is 0 Å². The molecule has 2 aromatic heterocycles. The first-order chi connectivity index (χ1) is 14.1. The van der Waals surface area contributed by atoms with Crippen molar-refractivity contribution in [3.8, 4) is 11.3 Å². The number of hydrogen-bond donors (Lipinski definition) is 1. The van der Waals surface area contributed by atoms with Crippen LogP contribution in [0.4, 0.5) is 27.1 Å². The third-order valence-corrected chi connectivity index (χ3v) is 4.70. The van der Waals surface area contributed by atoms with E-state index in [1.807, 2.05) is 0 Å². The Kier molecular flexibility index (Phi) is 6.46. The van der Waals surface area contributed by atoms with Crippen molar-refractivity contribution in [2.75, 3.05) is 18.9 Å². The molecule has 1 N–H and O–H groups in total. The Labute approximate surface area is 172 Å². The van der Waals surface area contributed by atoms with Gasteiger partial charge in [0.05, 0.1) is 18.8 Å². The number of carbonyl (C=O) groups is 1.